The molecule has 3 rings (SSSR count). The summed E-state index contributed by atoms with van der Waals surface area (Å²) in [5.41, 5.74) is 1.10. The van der Waals surface area contributed by atoms with Crippen LogP contribution in [0.4, 0.5) is 5.69 Å². The standard InChI is InChI=1S/C14H19N3O3/c18-14(19)13-2-1-11(9-15-13)17-4-3-12(10-17)16-5-7-20-8-6-16/h1-2,9,12H,3-8,10H2,(H,18,19). The number of pyridine rings is 1. The number of aromatic carboxylic acids is 1. The molecule has 108 valence electrons. The Morgan fingerprint density at radius 1 is 1.30 bits per heavy atom. The van der Waals surface area contributed by atoms with Crippen molar-refractivity contribution in [1.82, 2.24) is 9.88 Å². The van der Waals surface area contributed by atoms with Gasteiger partial charge in [0.2, 0.25) is 0 Å². The van der Waals surface area contributed by atoms with E-state index in [1.165, 1.54) is 0 Å². The molecule has 0 aromatic carbocycles. The Morgan fingerprint density at radius 3 is 2.75 bits per heavy atom. The van der Waals surface area contributed by atoms with Crippen LogP contribution in [0.5, 0.6) is 0 Å². The van der Waals surface area contributed by atoms with Gasteiger partial charge in [0.25, 0.3) is 0 Å². The summed E-state index contributed by atoms with van der Waals surface area (Å²) >= 11 is 0. The summed E-state index contributed by atoms with van der Waals surface area (Å²) in [7, 11) is 0. The number of carboxylic acid groups (broad SMARTS) is 1. The van der Waals surface area contributed by atoms with E-state index in [0.29, 0.717) is 6.04 Å². The molecule has 0 saturated carbocycles. The van der Waals surface area contributed by atoms with Gasteiger partial charge in [0, 0.05) is 32.2 Å². The zero-order valence-electron chi connectivity index (χ0n) is 11.4. The van der Waals surface area contributed by atoms with Crippen molar-refractivity contribution in [2.24, 2.45) is 0 Å². The van der Waals surface area contributed by atoms with Gasteiger partial charge in [-0.25, -0.2) is 9.78 Å². The fourth-order valence-electron chi connectivity index (χ4n) is 2.92. The first-order chi connectivity index (χ1) is 9.74. The van der Waals surface area contributed by atoms with Crippen LogP contribution in [0.3, 0.4) is 0 Å². The van der Waals surface area contributed by atoms with E-state index in [0.717, 1.165) is 51.5 Å². The van der Waals surface area contributed by atoms with Gasteiger partial charge < -0.3 is 14.7 Å². The summed E-state index contributed by atoms with van der Waals surface area (Å²) in [5.74, 6) is -0.982. The van der Waals surface area contributed by atoms with E-state index in [4.69, 9.17) is 9.84 Å². The molecular weight excluding hydrogens is 258 g/mol. The predicted molar refractivity (Wildman–Crippen MR) is 74.2 cm³/mol. The van der Waals surface area contributed by atoms with Gasteiger partial charge >= 0.3 is 5.97 Å². The lowest BCUT2D eigenvalue weighted by atomic mass is 10.2. The number of carbonyl (C=O) groups is 1. The van der Waals surface area contributed by atoms with Crippen molar-refractivity contribution in [3.05, 3.63) is 24.0 Å². The molecule has 2 saturated heterocycles. The maximum atomic E-state index is 10.8. The minimum absolute atomic E-state index is 0.0951. The third-order valence-corrected chi connectivity index (χ3v) is 4.06. The molecule has 1 aromatic rings. The van der Waals surface area contributed by atoms with Crippen molar-refractivity contribution in [2.45, 2.75) is 12.5 Å². The third kappa shape index (κ3) is 2.76. The molecule has 0 spiro atoms. The van der Waals surface area contributed by atoms with Crippen molar-refractivity contribution in [2.75, 3.05) is 44.3 Å². The second-order valence-corrected chi connectivity index (χ2v) is 5.24. The second kappa shape index (κ2) is 5.76. The molecule has 0 radical (unpaired) electrons. The molecule has 1 atom stereocenters. The highest BCUT2D eigenvalue weighted by Gasteiger charge is 2.28. The number of morpholine rings is 1. The molecule has 20 heavy (non-hydrogen) atoms. The van der Waals surface area contributed by atoms with Crippen molar-refractivity contribution in [3.8, 4) is 0 Å². The Balaban J connectivity index is 1.62. The first-order valence-corrected chi connectivity index (χ1v) is 7.00. The maximum absolute atomic E-state index is 10.8. The highest BCUT2D eigenvalue weighted by molar-refractivity contribution is 5.85. The number of hydrogen-bond acceptors (Lipinski definition) is 5. The van der Waals surface area contributed by atoms with Crippen LogP contribution >= 0.6 is 0 Å². The number of anilines is 1. The molecule has 0 amide bonds. The molecule has 2 aliphatic heterocycles. The van der Waals surface area contributed by atoms with Crippen molar-refractivity contribution >= 4 is 11.7 Å². The Hall–Kier alpha value is -1.66. The number of aromatic nitrogens is 1. The number of rotatable bonds is 3. The Morgan fingerprint density at radius 2 is 2.10 bits per heavy atom. The topological polar surface area (TPSA) is 65.9 Å². The van der Waals surface area contributed by atoms with Gasteiger partial charge in [0.1, 0.15) is 5.69 Å². The van der Waals surface area contributed by atoms with Crippen molar-refractivity contribution < 1.29 is 14.6 Å². The van der Waals surface area contributed by atoms with Gasteiger partial charge in [-0.15, -0.1) is 0 Å². The molecule has 2 aliphatic rings. The highest BCUT2D eigenvalue weighted by atomic mass is 16.5. The molecular formula is C14H19N3O3. The summed E-state index contributed by atoms with van der Waals surface area (Å²) in [6.45, 7) is 5.64. The largest absolute Gasteiger partial charge is 0.477 e. The van der Waals surface area contributed by atoms with Crippen LogP contribution in [-0.2, 0) is 4.74 Å². The summed E-state index contributed by atoms with van der Waals surface area (Å²) in [6, 6.07) is 3.98. The normalized spacial score (nSPS) is 24.0. The van der Waals surface area contributed by atoms with Crippen LogP contribution in [-0.4, -0.2) is 66.4 Å². The molecule has 6 nitrogen and oxygen atoms in total. The average Bonchev–Trinajstić information content (AvgIpc) is 2.98. The van der Waals surface area contributed by atoms with E-state index in [2.05, 4.69) is 14.8 Å². The number of nitrogens with zero attached hydrogens (tertiary/aromatic N) is 3. The summed E-state index contributed by atoms with van der Waals surface area (Å²) in [4.78, 5) is 19.5. The van der Waals surface area contributed by atoms with Gasteiger partial charge in [0.15, 0.2) is 0 Å². The van der Waals surface area contributed by atoms with Crippen LogP contribution in [0.25, 0.3) is 0 Å². The first-order valence-electron chi connectivity index (χ1n) is 7.00. The molecule has 2 fully saturated rings. The Kier molecular flexibility index (Phi) is 3.84. The van der Waals surface area contributed by atoms with E-state index < -0.39 is 5.97 Å². The molecule has 1 N–H and O–H groups in total. The Labute approximate surface area is 118 Å². The van der Waals surface area contributed by atoms with Crippen LogP contribution in [0, 0.1) is 0 Å². The molecule has 0 bridgehead atoms. The second-order valence-electron chi connectivity index (χ2n) is 5.24. The molecule has 1 unspecified atom stereocenters. The monoisotopic (exact) mass is 277 g/mol. The van der Waals surface area contributed by atoms with Gasteiger partial charge in [-0.05, 0) is 18.6 Å². The Bertz CT molecular complexity index is 471. The third-order valence-electron chi connectivity index (χ3n) is 4.06. The van der Waals surface area contributed by atoms with Gasteiger partial charge in [-0.3, -0.25) is 4.90 Å². The average molecular weight is 277 g/mol. The lowest BCUT2D eigenvalue weighted by Crippen LogP contribution is -2.44. The fourth-order valence-corrected chi connectivity index (χ4v) is 2.92. The molecule has 0 aliphatic carbocycles. The van der Waals surface area contributed by atoms with Gasteiger partial charge in [-0.2, -0.15) is 0 Å². The predicted octanol–water partition coefficient (Wildman–Crippen LogP) is 0.691. The lowest BCUT2D eigenvalue weighted by molar-refractivity contribution is 0.0209. The van der Waals surface area contributed by atoms with E-state index in [-0.39, 0.29) is 5.69 Å². The van der Waals surface area contributed by atoms with E-state index in [1.54, 1.807) is 12.3 Å². The summed E-state index contributed by atoms with van der Waals surface area (Å²) in [5, 5.41) is 8.86. The highest BCUT2D eigenvalue weighted by Crippen LogP contribution is 2.23. The molecule has 3 heterocycles. The molecule has 1 aromatic heterocycles. The van der Waals surface area contributed by atoms with Gasteiger partial charge in [-0.1, -0.05) is 0 Å². The smallest absolute Gasteiger partial charge is 0.354 e. The van der Waals surface area contributed by atoms with E-state index in [1.807, 2.05) is 6.07 Å². The lowest BCUT2D eigenvalue weighted by Gasteiger charge is -2.32. The fraction of sp³-hybridized carbons (Fsp3) is 0.571. The summed E-state index contributed by atoms with van der Waals surface area (Å²) in [6.07, 6.45) is 2.80. The zero-order chi connectivity index (χ0) is 13.9. The zero-order valence-corrected chi connectivity index (χ0v) is 11.4. The quantitative estimate of drug-likeness (QED) is 0.877. The van der Waals surface area contributed by atoms with Crippen LogP contribution in [0.15, 0.2) is 18.3 Å². The minimum atomic E-state index is -0.982. The van der Waals surface area contributed by atoms with E-state index >= 15 is 0 Å². The van der Waals surface area contributed by atoms with E-state index in [9.17, 15) is 4.79 Å². The van der Waals surface area contributed by atoms with Gasteiger partial charge in [0.05, 0.1) is 25.1 Å². The van der Waals surface area contributed by atoms with Crippen LogP contribution in [0.2, 0.25) is 0 Å². The van der Waals surface area contributed by atoms with Crippen molar-refractivity contribution in [3.63, 3.8) is 0 Å². The number of ether oxygens (including phenoxy) is 1. The van der Waals surface area contributed by atoms with Crippen LogP contribution < -0.4 is 4.90 Å². The number of hydrogen-bond donors (Lipinski definition) is 1. The molecule has 6 heteroatoms. The van der Waals surface area contributed by atoms with Crippen LogP contribution in [0.1, 0.15) is 16.9 Å². The first kappa shape index (κ1) is 13.3. The number of carboxylic acids is 1. The summed E-state index contributed by atoms with van der Waals surface area (Å²) < 4.78 is 5.39. The minimum Gasteiger partial charge on any atom is -0.477 e. The maximum Gasteiger partial charge on any atom is 0.354 e. The van der Waals surface area contributed by atoms with Crippen molar-refractivity contribution in [1.29, 1.82) is 0 Å². The SMILES string of the molecule is O=C(O)c1ccc(N2CCC(N3CCOCC3)C2)cn1.